The molecular weight excluding hydrogens is 302 g/mol. The smallest absolute Gasteiger partial charge is 0.238 e. The van der Waals surface area contributed by atoms with Crippen LogP contribution < -0.4 is 9.88 Å². The standard InChI is InChI=1S/C12H10ClN3O3S/c1-7(6-14)19-9-3-4-10(20(15,17)18)8-2-5-11(13)16-12(8)9/h2-5,7H,1H3,(H2,15,17,18). The number of nitriles is 1. The third-order valence-electron chi connectivity index (χ3n) is 2.54. The Morgan fingerprint density at radius 3 is 2.70 bits per heavy atom. The number of nitrogens with two attached hydrogens (primary N) is 1. The summed E-state index contributed by atoms with van der Waals surface area (Å²) in [5.74, 6) is 0.268. The van der Waals surface area contributed by atoms with Crippen molar-refractivity contribution in [3.8, 4) is 11.8 Å². The van der Waals surface area contributed by atoms with Crippen LogP contribution in [0, 0.1) is 11.3 Å². The molecule has 0 saturated heterocycles. The average molecular weight is 312 g/mol. The largest absolute Gasteiger partial charge is 0.474 e. The highest BCUT2D eigenvalue weighted by Gasteiger charge is 2.17. The van der Waals surface area contributed by atoms with E-state index in [1.165, 1.54) is 24.3 Å². The molecule has 1 aromatic carbocycles. The molecule has 104 valence electrons. The first-order valence-electron chi connectivity index (χ1n) is 5.51. The van der Waals surface area contributed by atoms with Crippen molar-refractivity contribution in [2.75, 3.05) is 0 Å². The van der Waals surface area contributed by atoms with Crippen LogP contribution in [0.5, 0.6) is 5.75 Å². The van der Waals surface area contributed by atoms with Gasteiger partial charge in [0.1, 0.15) is 22.5 Å². The second-order valence-electron chi connectivity index (χ2n) is 4.03. The summed E-state index contributed by atoms with van der Waals surface area (Å²) in [6.07, 6.45) is -0.709. The Morgan fingerprint density at radius 2 is 2.10 bits per heavy atom. The lowest BCUT2D eigenvalue weighted by Crippen LogP contribution is -2.14. The number of fused-ring (bicyclic) bond motifs is 1. The summed E-state index contributed by atoms with van der Waals surface area (Å²) in [6.45, 7) is 1.56. The Bertz CT molecular complexity index is 815. The third-order valence-corrected chi connectivity index (χ3v) is 3.72. The maximum absolute atomic E-state index is 11.5. The summed E-state index contributed by atoms with van der Waals surface area (Å²) >= 11 is 5.82. The summed E-state index contributed by atoms with van der Waals surface area (Å²) in [5, 5.41) is 14.4. The van der Waals surface area contributed by atoms with Gasteiger partial charge in [0.15, 0.2) is 6.10 Å². The van der Waals surface area contributed by atoms with Crippen LogP contribution in [0.25, 0.3) is 10.9 Å². The highest BCUT2D eigenvalue weighted by molar-refractivity contribution is 7.89. The molecule has 0 aliphatic heterocycles. The van der Waals surface area contributed by atoms with Crippen molar-refractivity contribution in [3.05, 3.63) is 29.4 Å². The van der Waals surface area contributed by atoms with E-state index in [1.807, 2.05) is 6.07 Å². The Kier molecular flexibility index (Phi) is 3.81. The van der Waals surface area contributed by atoms with Gasteiger partial charge in [-0.05, 0) is 31.2 Å². The van der Waals surface area contributed by atoms with Crippen molar-refractivity contribution in [2.24, 2.45) is 5.14 Å². The number of ether oxygens (including phenoxy) is 1. The van der Waals surface area contributed by atoms with Gasteiger partial charge >= 0.3 is 0 Å². The fourth-order valence-electron chi connectivity index (χ4n) is 1.70. The lowest BCUT2D eigenvalue weighted by atomic mass is 10.2. The molecular formula is C12H10ClN3O3S. The zero-order valence-electron chi connectivity index (χ0n) is 10.4. The first-order valence-corrected chi connectivity index (χ1v) is 7.43. The van der Waals surface area contributed by atoms with Crippen LogP contribution in [0.15, 0.2) is 29.2 Å². The van der Waals surface area contributed by atoms with E-state index >= 15 is 0 Å². The molecule has 20 heavy (non-hydrogen) atoms. The van der Waals surface area contributed by atoms with E-state index in [4.69, 9.17) is 26.7 Å². The predicted octanol–water partition coefficient (Wildman–Crippen LogP) is 1.83. The van der Waals surface area contributed by atoms with E-state index in [9.17, 15) is 8.42 Å². The van der Waals surface area contributed by atoms with Crippen molar-refractivity contribution in [1.29, 1.82) is 5.26 Å². The minimum atomic E-state index is -3.90. The first kappa shape index (κ1) is 14.5. The maximum Gasteiger partial charge on any atom is 0.238 e. The number of nitrogens with zero attached hydrogens (tertiary/aromatic N) is 2. The van der Waals surface area contributed by atoms with Crippen LogP contribution in [-0.4, -0.2) is 19.5 Å². The quantitative estimate of drug-likeness (QED) is 0.870. The molecule has 0 aliphatic rings. The number of hydrogen-bond donors (Lipinski definition) is 1. The average Bonchev–Trinajstić information content (AvgIpc) is 2.37. The van der Waals surface area contributed by atoms with Crippen LogP contribution in [0.1, 0.15) is 6.92 Å². The highest BCUT2D eigenvalue weighted by Crippen LogP contribution is 2.30. The molecule has 0 amide bonds. The van der Waals surface area contributed by atoms with Crippen molar-refractivity contribution < 1.29 is 13.2 Å². The predicted molar refractivity (Wildman–Crippen MR) is 73.8 cm³/mol. The Hall–Kier alpha value is -1.88. The van der Waals surface area contributed by atoms with Crippen molar-refractivity contribution in [3.63, 3.8) is 0 Å². The molecule has 0 aliphatic carbocycles. The second kappa shape index (κ2) is 5.25. The Labute approximate surface area is 120 Å². The molecule has 1 atom stereocenters. The molecule has 1 unspecified atom stereocenters. The number of aromatic nitrogens is 1. The lowest BCUT2D eigenvalue weighted by molar-refractivity contribution is 0.279. The van der Waals surface area contributed by atoms with E-state index < -0.39 is 16.1 Å². The minimum absolute atomic E-state index is 0.0753. The van der Waals surface area contributed by atoms with Gasteiger partial charge in [-0.3, -0.25) is 0 Å². The molecule has 0 fully saturated rings. The molecule has 6 nitrogen and oxygen atoms in total. The summed E-state index contributed by atoms with van der Waals surface area (Å²) in [5.41, 5.74) is 0.242. The van der Waals surface area contributed by atoms with E-state index in [0.29, 0.717) is 5.39 Å². The monoisotopic (exact) mass is 311 g/mol. The third kappa shape index (κ3) is 2.82. The van der Waals surface area contributed by atoms with E-state index in [2.05, 4.69) is 4.98 Å². The lowest BCUT2D eigenvalue weighted by Gasteiger charge is -2.12. The van der Waals surface area contributed by atoms with Crippen LogP contribution in [0.3, 0.4) is 0 Å². The van der Waals surface area contributed by atoms with Gasteiger partial charge in [-0.25, -0.2) is 18.5 Å². The van der Waals surface area contributed by atoms with E-state index in [0.717, 1.165) is 0 Å². The molecule has 0 bridgehead atoms. The zero-order valence-corrected chi connectivity index (χ0v) is 11.9. The fourth-order valence-corrected chi connectivity index (χ4v) is 2.58. The summed E-state index contributed by atoms with van der Waals surface area (Å²) < 4.78 is 28.5. The number of primary sulfonamides is 1. The fraction of sp³-hybridized carbons (Fsp3) is 0.167. The molecule has 0 saturated carbocycles. The van der Waals surface area contributed by atoms with Crippen LogP contribution >= 0.6 is 11.6 Å². The number of benzene rings is 1. The zero-order chi connectivity index (χ0) is 14.9. The Morgan fingerprint density at radius 1 is 1.40 bits per heavy atom. The number of rotatable bonds is 3. The van der Waals surface area contributed by atoms with E-state index in [-0.39, 0.29) is 21.3 Å². The number of sulfonamides is 1. The normalized spacial score (nSPS) is 12.9. The molecule has 2 rings (SSSR count). The van der Waals surface area contributed by atoms with Gasteiger partial charge < -0.3 is 4.74 Å². The van der Waals surface area contributed by atoms with Crippen molar-refractivity contribution in [2.45, 2.75) is 17.9 Å². The Balaban J connectivity index is 2.75. The molecule has 0 radical (unpaired) electrons. The van der Waals surface area contributed by atoms with Gasteiger partial charge in [-0.2, -0.15) is 5.26 Å². The molecule has 2 N–H and O–H groups in total. The van der Waals surface area contributed by atoms with Gasteiger partial charge in [0.25, 0.3) is 0 Å². The molecule has 2 aromatic rings. The maximum atomic E-state index is 11.5. The van der Waals surface area contributed by atoms with Crippen molar-refractivity contribution >= 4 is 32.5 Å². The summed E-state index contributed by atoms with van der Waals surface area (Å²) in [4.78, 5) is 3.97. The summed E-state index contributed by atoms with van der Waals surface area (Å²) in [7, 11) is -3.90. The molecule has 1 heterocycles. The van der Waals surface area contributed by atoms with Gasteiger partial charge in [0.2, 0.25) is 10.0 Å². The topological polar surface area (TPSA) is 106 Å². The van der Waals surface area contributed by atoms with Crippen LogP contribution in [0.4, 0.5) is 0 Å². The highest BCUT2D eigenvalue weighted by atomic mass is 35.5. The molecule has 8 heteroatoms. The van der Waals surface area contributed by atoms with E-state index in [1.54, 1.807) is 6.92 Å². The second-order valence-corrected chi connectivity index (χ2v) is 5.94. The first-order chi connectivity index (χ1) is 9.32. The minimum Gasteiger partial charge on any atom is -0.474 e. The van der Waals surface area contributed by atoms with Gasteiger partial charge in [-0.15, -0.1) is 0 Å². The molecule has 1 aromatic heterocycles. The molecule has 0 spiro atoms. The van der Waals surface area contributed by atoms with Crippen LogP contribution in [0.2, 0.25) is 5.15 Å². The number of hydrogen-bond acceptors (Lipinski definition) is 5. The van der Waals surface area contributed by atoms with Gasteiger partial charge in [0, 0.05) is 5.39 Å². The summed E-state index contributed by atoms with van der Waals surface area (Å²) in [6, 6.07) is 7.57. The SMILES string of the molecule is CC(C#N)Oc1ccc(S(N)(=O)=O)c2ccc(Cl)nc12. The van der Waals surface area contributed by atoms with Crippen LogP contribution in [-0.2, 0) is 10.0 Å². The van der Waals surface area contributed by atoms with Gasteiger partial charge in [0.05, 0.1) is 4.90 Å². The number of pyridine rings is 1. The number of halogens is 1. The van der Waals surface area contributed by atoms with Crippen molar-refractivity contribution in [1.82, 2.24) is 4.98 Å². The van der Waals surface area contributed by atoms with Gasteiger partial charge in [-0.1, -0.05) is 11.6 Å².